The smallest absolute Gasteiger partial charge is 0.227 e. The highest BCUT2D eigenvalue weighted by molar-refractivity contribution is 6.31. The van der Waals surface area contributed by atoms with E-state index in [1.807, 2.05) is 13.0 Å². The first-order valence-electron chi connectivity index (χ1n) is 6.42. The average molecular weight is 280 g/mol. The van der Waals surface area contributed by atoms with E-state index in [4.69, 9.17) is 16.3 Å². The summed E-state index contributed by atoms with van der Waals surface area (Å²) in [6, 6.07) is 3.57. The standard InChI is InChI=1S/C15H18ClNO2/c1-10-8-13(14(19-2)9-12(10)16)17-15(18)11-6-4-3-5-7-11/h3-4,8-9,11H,5-7H2,1-2H3,(H,17,18)/t11-/m0/s1. The molecule has 0 radical (unpaired) electrons. The molecule has 0 unspecified atom stereocenters. The van der Waals surface area contributed by atoms with Crippen LogP contribution < -0.4 is 10.1 Å². The van der Waals surface area contributed by atoms with Gasteiger partial charge in [-0.2, -0.15) is 0 Å². The molecule has 0 saturated heterocycles. The van der Waals surface area contributed by atoms with Crippen molar-refractivity contribution in [3.8, 4) is 5.75 Å². The molecule has 19 heavy (non-hydrogen) atoms. The Morgan fingerprint density at radius 1 is 1.42 bits per heavy atom. The molecule has 1 N–H and O–H groups in total. The predicted octanol–water partition coefficient (Wildman–Crippen LogP) is 3.95. The number of anilines is 1. The molecule has 1 aliphatic rings. The molecule has 4 heteroatoms. The number of hydrogen-bond acceptors (Lipinski definition) is 2. The van der Waals surface area contributed by atoms with E-state index in [0.717, 1.165) is 24.8 Å². The zero-order chi connectivity index (χ0) is 13.8. The molecule has 102 valence electrons. The summed E-state index contributed by atoms with van der Waals surface area (Å²) in [6.45, 7) is 1.90. The van der Waals surface area contributed by atoms with Gasteiger partial charge in [0.15, 0.2) is 0 Å². The summed E-state index contributed by atoms with van der Waals surface area (Å²) in [5, 5.41) is 3.58. The summed E-state index contributed by atoms with van der Waals surface area (Å²) in [6.07, 6.45) is 6.86. The van der Waals surface area contributed by atoms with Crippen molar-refractivity contribution >= 4 is 23.2 Å². The molecular formula is C15H18ClNO2. The van der Waals surface area contributed by atoms with Crippen molar-refractivity contribution in [2.24, 2.45) is 5.92 Å². The maximum atomic E-state index is 12.2. The summed E-state index contributed by atoms with van der Waals surface area (Å²) in [7, 11) is 1.57. The topological polar surface area (TPSA) is 38.3 Å². The highest BCUT2D eigenvalue weighted by Crippen LogP contribution is 2.32. The first kappa shape index (κ1) is 13.9. The molecule has 2 rings (SSSR count). The molecular weight excluding hydrogens is 262 g/mol. The number of allylic oxidation sites excluding steroid dienone is 2. The highest BCUT2D eigenvalue weighted by atomic mass is 35.5. The predicted molar refractivity (Wildman–Crippen MR) is 77.9 cm³/mol. The van der Waals surface area contributed by atoms with Crippen molar-refractivity contribution < 1.29 is 9.53 Å². The van der Waals surface area contributed by atoms with E-state index < -0.39 is 0 Å². The summed E-state index contributed by atoms with van der Waals surface area (Å²) >= 11 is 6.05. The summed E-state index contributed by atoms with van der Waals surface area (Å²) in [5.74, 6) is 0.686. The van der Waals surface area contributed by atoms with Crippen LogP contribution in [0, 0.1) is 12.8 Å². The van der Waals surface area contributed by atoms with Crippen LogP contribution in [-0.2, 0) is 4.79 Å². The molecule has 0 saturated carbocycles. The van der Waals surface area contributed by atoms with Crippen LogP contribution in [0.4, 0.5) is 5.69 Å². The van der Waals surface area contributed by atoms with Gasteiger partial charge in [-0.25, -0.2) is 0 Å². The van der Waals surface area contributed by atoms with Gasteiger partial charge in [-0.05, 0) is 37.8 Å². The van der Waals surface area contributed by atoms with Crippen LogP contribution in [0.15, 0.2) is 24.3 Å². The molecule has 3 nitrogen and oxygen atoms in total. The quantitative estimate of drug-likeness (QED) is 0.851. The zero-order valence-corrected chi connectivity index (χ0v) is 12.0. The lowest BCUT2D eigenvalue weighted by Gasteiger charge is -2.19. The molecule has 0 aromatic heterocycles. The van der Waals surface area contributed by atoms with Crippen molar-refractivity contribution in [1.82, 2.24) is 0 Å². The average Bonchev–Trinajstić information content (AvgIpc) is 2.43. The fourth-order valence-corrected chi connectivity index (χ4v) is 2.35. The highest BCUT2D eigenvalue weighted by Gasteiger charge is 2.20. The van der Waals surface area contributed by atoms with Crippen molar-refractivity contribution in [2.45, 2.75) is 26.2 Å². The largest absolute Gasteiger partial charge is 0.495 e. The molecule has 1 aromatic rings. The number of benzene rings is 1. The van der Waals surface area contributed by atoms with Gasteiger partial charge < -0.3 is 10.1 Å². The van der Waals surface area contributed by atoms with Crippen molar-refractivity contribution in [3.05, 3.63) is 34.9 Å². The van der Waals surface area contributed by atoms with Crippen LogP contribution in [0.25, 0.3) is 0 Å². The SMILES string of the molecule is COc1cc(Cl)c(C)cc1NC(=O)[C@H]1CC=CCC1. The minimum Gasteiger partial charge on any atom is -0.495 e. The van der Waals surface area contributed by atoms with E-state index in [1.54, 1.807) is 13.2 Å². The van der Waals surface area contributed by atoms with Gasteiger partial charge in [0.05, 0.1) is 12.8 Å². The second kappa shape index (κ2) is 6.11. The maximum absolute atomic E-state index is 12.2. The normalized spacial score (nSPS) is 18.2. The Morgan fingerprint density at radius 3 is 2.84 bits per heavy atom. The van der Waals surface area contributed by atoms with Gasteiger partial charge in [0.1, 0.15) is 5.75 Å². The second-order valence-corrected chi connectivity index (χ2v) is 5.18. The molecule has 0 aliphatic heterocycles. The Balaban J connectivity index is 2.16. The van der Waals surface area contributed by atoms with E-state index in [9.17, 15) is 4.79 Å². The summed E-state index contributed by atoms with van der Waals surface area (Å²) in [4.78, 5) is 12.2. The Hall–Kier alpha value is -1.48. The Bertz CT molecular complexity index is 511. The van der Waals surface area contributed by atoms with Crippen LogP contribution in [0.2, 0.25) is 5.02 Å². The number of carbonyl (C=O) groups is 1. The maximum Gasteiger partial charge on any atom is 0.227 e. The van der Waals surface area contributed by atoms with E-state index >= 15 is 0 Å². The van der Waals surface area contributed by atoms with Gasteiger partial charge in [-0.1, -0.05) is 23.8 Å². The zero-order valence-electron chi connectivity index (χ0n) is 11.2. The molecule has 1 amide bonds. The van der Waals surface area contributed by atoms with Crippen LogP contribution in [-0.4, -0.2) is 13.0 Å². The number of aryl methyl sites for hydroxylation is 1. The van der Waals surface area contributed by atoms with Gasteiger partial charge in [-0.15, -0.1) is 0 Å². The number of nitrogens with one attached hydrogen (secondary N) is 1. The monoisotopic (exact) mass is 279 g/mol. The third-order valence-corrected chi connectivity index (χ3v) is 3.79. The number of halogens is 1. The molecule has 0 bridgehead atoms. The molecule has 1 aromatic carbocycles. The van der Waals surface area contributed by atoms with Gasteiger partial charge in [0.2, 0.25) is 5.91 Å². The van der Waals surface area contributed by atoms with E-state index in [1.165, 1.54) is 0 Å². The van der Waals surface area contributed by atoms with Gasteiger partial charge in [-0.3, -0.25) is 4.79 Å². The minimum atomic E-state index is 0.0457. The second-order valence-electron chi connectivity index (χ2n) is 4.77. The van der Waals surface area contributed by atoms with E-state index in [2.05, 4.69) is 17.5 Å². The number of ether oxygens (including phenoxy) is 1. The lowest BCUT2D eigenvalue weighted by atomic mass is 9.93. The van der Waals surface area contributed by atoms with E-state index in [-0.39, 0.29) is 11.8 Å². The van der Waals surface area contributed by atoms with Crippen molar-refractivity contribution in [3.63, 3.8) is 0 Å². The first-order chi connectivity index (χ1) is 9.11. The third-order valence-electron chi connectivity index (χ3n) is 3.38. The fraction of sp³-hybridized carbons (Fsp3) is 0.400. The molecule has 1 atom stereocenters. The number of carbonyl (C=O) groups excluding carboxylic acids is 1. The van der Waals surface area contributed by atoms with E-state index in [0.29, 0.717) is 16.5 Å². The first-order valence-corrected chi connectivity index (χ1v) is 6.79. The number of methoxy groups -OCH3 is 1. The van der Waals surface area contributed by atoms with Crippen molar-refractivity contribution in [1.29, 1.82) is 0 Å². The lowest BCUT2D eigenvalue weighted by Crippen LogP contribution is -2.23. The van der Waals surface area contributed by atoms with Crippen LogP contribution in [0.3, 0.4) is 0 Å². The van der Waals surface area contributed by atoms with Crippen LogP contribution in [0.1, 0.15) is 24.8 Å². The van der Waals surface area contributed by atoms with Crippen LogP contribution in [0.5, 0.6) is 5.75 Å². The number of amides is 1. The van der Waals surface area contributed by atoms with Gasteiger partial charge >= 0.3 is 0 Å². The summed E-state index contributed by atoms with van der Waals surface area (Å²) in [5.41, 5.74) is 1.60. The molecule has 1 aliphatic carbocycles. The third kappa shape index (κ3) is 3.29. The fourth-order valence-electron chi connectivity index (χ4n) is 2.20. The van der Waals surface area contributed by atoms with Gasteiger partial charge in [0.25, 0.3) is 0 Å². The molecule has 0 fully saturated rings. The Morgan fingerprint density at radius 2 is 2.21 bits per heavy atom. The van der Waals surface area contributed by atoms with Crippen molar-refractivity contribution in [2.75, 3.05) is 12.4 Å². The molecule has 0 heterocycles. The lowest BCUT2D eigenvalue weighted by molar-refractivity contribution is -0.120. The van der Waals surface area contributed by atoms with Crippen LogP contribution >= 0.6 is 11.6 Å². The summed E-state index contributed by atoms with van der Waals surface area (Å²) < 4.78 is 5.26. The molecule has 0 spiro atoms. The number of rotatable bonds is 3. The number of hydrogen-bond donors (Lipinski definition) is 1. The Kier molecular flexibility index (Phi) is 4.48. The Labute approximate surface area is 118 Å². The minimum absolute atomic E-state index is 0.0457. The van der Waals surface area contributed by atoms with Gasteiger partial charge in [0, 0.05) is 17.0 Å².